The van der Waals surface area contributed by atoms with E-state index in [2.05, 4.69) is 5.10 Å². The van der Waals surface area contributed by atoms with Crippen molar-refractivity contribution in [3.05, 3.63) is 77.5 Å². The SMILES string of the molecule is CO[N+](=O)c1cccc(S(=O)(=O)N2CCN(C(=O)OC(C)(C)C)CCN(C(=O)OC(C)(C)C)c3ccn4ncc(c4n3)-c3cccc(c3)C2)c1. The lowest BCUT2D eigenvalue weighted by Crippen LogP contribution is -2.47. The van der Waals surface area contributed by atoms with E-state index >= 15 is 0 Å². The zero-order chi connectivity index (χ0) is 36.4. The average molecular weight is 709 g/mol. The minimum absolute atomic E-state index is 0.00833. The fourth-order valence-corrected chi connectivity index (χ4v) is 6.70. The van der Waals surface area contributed by atoms with Gasteiger partial charge < -0.3 is 14.4 Å². The van der Waals surface area contributed by atoms with Gasteiger partial charge in [-0.15, -0.1) is 0 Å². The maximum Gasteiger partial charge on any atom is 0.416 e. The molecule has 0 atom stereocenters. The summed E-state index contributed by atoms with van der Waals surface area (Å²) in [5, 5.41) is 4.45. The Morgan fingerprint density at radius 3 is 2.24 bits per heavy atom. The first kappa shape index (κ1) is 36.2. The van der Waals surface area contributed by atoms with Crippen LogP contribution in [-0.4, -0.2) is 93.8 Å². The second-order valence-electron chi connectivity index (χ2n) is 13.7. The van der Waals surface area contributed by atoms with Crippen LogP contribution in [0.1, 0.15) is 47.1 Å². The molecule has 0 saturated heterocycles. The molecule has 15 nitrogen and oxygen atoms in total. The Balaban J connectivity index is 1.65. The van der Waals surface area contributed by atoms with Crippen molar-refractivity contribution in [3.8, 4) is 11.1 Å². The van der Waals surface area contributed by atoms with E-state index in [-0.39, 0.29) is 54.0 Å². The lowest BCUT2D eigenvalue weighted by molar-refractivity contribution is -0.736. The van der Waals surface area contributed by atoms with E-state index in [1.54, 1.807) is 76.7 Å². The molecule has 0 fully saturated rings. The summed E-state index contributed by atoms with van der Waals surface area (Å²) in [5.41, 5.74) is 0.776. The Labute approximate surface area is 290 Å². The van der Waals surface area contributed by atoms with Gasteiger partial charge in [0.05, 0.1) is 16.0 Å². The molecule has 5 rings (SSSR count). The highest BCUT2D eigenvalue weighted by atomic mass is 32.2. The van der Waals surface area contributed by atoms with Crippen LogP contribution in [0.2, 0.25) is 0 Å². The number of nitrogens with zero attached hydrogens (tertiary/aromatic N) is 7. The molecule has 0 unspecified atom stereocenters. The molecule has 3 heterocycles. The van der Waals surface area contributed by atoms with Crippen LogP contribution in [0.3, 0.4) is 0 Å². The van der Waals surface area contributed by atoms with Crippen LogP contribution in [0.4, 0.5) is 21.1 Å². The number of aromatic nitrogens is 3. The molecule has 266 valence electrons. The third kappa shape index (κ3) is 8.37. The van der Waals surface area contributed by atoms with Gasteiger partial charge in [0.15, 0.2) is 12.8 Å². The number of benzene rings is 2. The molecular weight excluding hydrogens is 666 g/mol. The van der Waals surface area contributed by atoms with Crippen molar-refractivity contribution in [2.75, 3.05) is 38.2 Å². The highest BCUT2D eigenvalue weighted by molar-refractivity contribution is 7.89. The van der Waals surface area contributed by atoms with Gasteiger partial charge in [-0.2, -0.15) is 9.40 Å². The second kappa shape index (κ2) is 14.0. The van der Waals surface area contributed by atoms with Crippen molar-refractivity contribution in [3.63, 3.8) is 0 Å². The van der Waals surface area contributed by atoms with Crippen molar-refractivity contribution in [1.82, 2.24) is 23.8 Å². The molecule has 4 aromatic rings. The molecule has 2 aromatic heterocycles. The van der Waals surface area contributed by atoms with Crippen molar-refractivity contribution in [2.24, 2.45) is 0 Å². The van der Waals surface area contributed by atoms with Crippen LogP contribution in [0.15, 0.2) is 71.9 Å². The van der Waals surface area contributed by atoms with E-state index < -0.39 is 33.4 Å². The van der Waals surface area contributed by atoms with Crippen LogP contribution in [0.5, 0.6) is 0 Å². The minimum Gasteiger partial charge on any atom is -0.444 e. The predicted molar refractivity (Wildman–Crippen MR) is 184 cm³/mol. The number of ether oxygens (including phenoxy) is 2. The number of carbonyl (C=O) groups excluding carboxylic acids is 2. The Morgan fingerprint density at radius 1 is 0.860 bits per heavy atom. The van der Waals surface area contributed by atoms with Gasteiger partial charge in [-0.3, -0.25) is 4.90 Å². The number of amides is 2. The first-order valence-corrected chi connectivity index (χ1v) is 17.4. The topological polar surface area (TPSA) is 156 Å². The molecule has 0 N–H and O–H groups in total. The fourth-order valence-electron chi connectivity index (χ4n) is 5.24. The summed E-state index contributed by atoms with van der Waals surface area (Å²) in [7, 11) is -3.07. The summed E-state index contributed by atoms with van der Waals surface area (Å²) in [6, 6.07) is 14.4. The first-order chi connectivity index (χ1) is 23.4. The summed E-state index contributed by atoms with van der Waals surface area (Å²) < 4.78 is 42.9. The quantitative estimate of drug-likeness (QED) is 0.246. The first-order valence-electron chi connectivity index (χ1n) is 16.0. The number of anilines is 1. The predicted octanol–water partition coefficient (Wildman–Crippen LogP) is 5.55. The molecule has 4 bridgehead atoms. The largest absolute Gasteiger partial charge is 0.444 e. The Bertz CT molecular complexity index is 2020. The van der Waals surface area contributed by atoms with Gasteiger partial charge in [-0.1, -0.05) is 24.3 Å². The number of rotatable bonds is 4. The maximum atomic E-state index is 14.3. The van der Waals surface area contributed by atoms with Crippen LogP contribution < -0.4 is 4.90 Å². The van der Waals surface area contributed by atoms with E-state index in [1.807, 2.05) is 12.1 Å². The average Bonchev–Trinajstić information content (AvgIpc) is 3.46. The van der Waals surface area contributed by atoms with Gasteiger partial charge in [-0.05, 0) is 70.9 Å². The second-order valence-corrected chi connectivity index (χ2v) is 15.6. The Morgan fingerprint density at radius 2 is 1.54 bits per heavy atom. The maximum absolute atomic E-state index is 14.3. The molecule has 0 radical (unpaired) electrons. The fraction of sp³-hybridized carbons (Fsp3) is 0.412. The molecule has 1 aliphatic rings. The third-order valence-electron chi connectivity index (χ3n) is 7.54. The monoisotopic (exact) mass is 708 g/mol. The highest BCUT2D eigenvalue weighted by Gasteiger charge is 2.32. The minimum atomic E-state index is -4.25. The van der Waals surface area contributed by atoms with Crippen molar-refractivity contribution >= 4 is 39.4 Å². The molecule has 2 aromatic carbocycles. The lowest BCUT2D eigenvalue weighted by atomic mass is 10.1. The molecule has 0 saturated carbocycles. The van der Waals surface area contributed by atoms with Gasteiger partial charge in [0, 0.05) is 56.6 Å². The van der Waals surface area contributed by atoms with E-state index in [9.17, 15) is 22.9 Å². The van der Waals surface area contributed by atoms with Crippen LogP contribution in [0, 0.1) is 4.91 Å². The zero-order valence-corrected chi connectivity index (χ0v) is 30.0. The van der Waals surface area contributed by atoms with Crippen LogP contribution >= 0.6 is 0 Å². The summed E-state index contributed by atoms with van der Waals surface area (Å²) >= 11 is 0. The number of sulfonamides is 1. The number of hydrogen-bond acceptors (Lipinski definition) is 10. The zero-order valence-electron chi connectivity index (χ0n) is 29.2. The highest BCUT2D eigenvalue weighted by Crippen LogP contribution is 2.29. The van der Waals surface area contributed by atoms with Crippen molar-refractivity contribution in [1.29, 1.82) is 0 Å². The molecule has 16 heteroatoms. The third-order valence-corrected chi connectivity index (χ3v) is 9.38. The van der Waals surface area contributed by atoms with E-state index in [0.717, 1.165) is 5.56 Å². The molecular formula is C34H42N7O8S+. The summed E-state index contributed by atoms with van der Waals surface area (Å²) in [6.07, 6.45) is 1.95. The summed E-state index contributed by atoms with van der Waals surface area (Å²) in [4.78, 5) is 51.8. The number of carbonyl (C=O) groups is 2. The van der Waals surface area contributed by atoms with E-state index in [4.69, 9.17) is 19.3 Å². The number of hydrogen-bond donors (Lipinski definition) is 0. The van der Waals surface area contributed by atoms with Gasteiger partial charge in [-0.25, -0.2) is 32.3 Å². The summed E-state index contributed by atoms with van der Waals surface area (Å²) in [5.74, 6) is 0.274. The lowest BCUT2D eigenvalue weighted by Gasteiger charge is -2.32. The molecule has 0 spiro atoms. The van der Waals surface area contributed by atoms with Crippen molar-refractivity contribution in [2.45, 2.75) is 64.2 Å². The summed E-state index contributed by atoms with van der Waals surface area (Å²) in [6.45, 7) is 9.99. The normalized spacial score (nSPS) is 14.9. The Hall–Kier alpha value is -5.09. The molecule has 0 aliphatic carbocycles. The van der Waals surface area contributed by atoms with Gasteiger partial charge in [0.1, 0.15) is 17.0 Å². The molecule has 2 amide bonds. The smallest absolute Gasteiger partial charge is 0.416 e. The number of fused-ring (bicyclic) bond motifs is 4. The molecule has 1 aliphatic heterocycles. The van der Waals surface area contributed by atoms with Gasteiger partial charge in [0.2, 0.25) is 10.0 Å². The van der Waals surface area contributed by atoms with Crippen LogP contribution in [-0.2, 0) is 30.9 Å². The molecule has 50 heavy (non-hydrogen) atoms. The Kier molecular flexibility index (Phi) is 10.2. The van der Waals surface area contributed by atoms with Gasteiger partial charge >= 0.3 is 17.9 Å². The van der Waals surface area contributed by atoms with Crippen molar-refractivity contribution < 1.29 is 37.2 Å². The van der Waals surface area contributed by atoms with E-state index in [0.29, 0.717) is 16.8 Å². The van der Waals surface area contributed by atoms with E-state index in [1.165, 1.54) is 45.5 Å². The van der Waals surface area contributed by atoms with Gasteiger partial charge in [0.25, 0.3) is 4.92 Å². The standard InChI is InChI=1S/C34H42N7O8S/c1-33(2,3)48-31(42)37-16-18-38(50(45,46)27-13-9-12-26(21-27)41(44)47-7)23-24-10-8-11-25(20-24)28-22-35-40-15-14-29(36-30(28)40)39(19-17-37)32(43)49-34(4,5)6/h8-15,20-22H,16-19,23H2,1-7H3/q+1. The van der Waals surface area contributed by atoms with Crippen LogP contribution in [0.25, 0.3) is 16.8 Å².